The Morgan fingerprint density at radius 1 is 1.53 bits per heavy atom. The van der Waals surface area contributed by atoms with Crippen molar-refractivity contribution in [2.45, 2.75) is 36.8 Å². The first kappa shape index (κ1) is 14.4. The average Bonchev–Trinajstić information content (AvgIpc) is 2.26. The lowest BCUT2D eigenvalue weighted by Crippen LogP contribution is -2.24. The summed E-state index contributed by atoms with van der Waals surface area (Å²) in [6.45, 7) is 4.05. The number of benzene rings is 1. The van der Waals surface area contributed by atoms with E-state index < -0.39 is 11.2 Å². The van der Waals surface area contributed by atoms with Gasteiger partial charge >= 0.3 is 5.97 Å². The fourth-order valence-corrected chi connectivity index (χ4v) is 3.07. The van der Waals surface area contributed by atoms with Crippen LogP contribution in [0.2, 0.25) is 5.02 Å². The van der Waals surface area contributed by atoms with Crippen molar-refractivity contribution in [3.63, 3.8) is 0 Å². The van der Waals surface area contributed by atoms with Gasteiger partial charge in [0.25, 0.3) is 0 Å². The molecule has 2 atom stereocenters. The van der Waals surface area contributed by atoms with E-state index in [1.807, 2.05) is 19.1 Å². The van der Waals surface area contributed by atoms with E-state index in [-0.39, 0.29) is 5.92 Å². The number of hydrogen-bond donors (Lipinski definition) is 1. The number of carboxylic acid groups (broad SMARTS) is 1. The number of rotatable bonds is 6. The summed E-state index contributed by atoms with van der Waals surface area (Å²) in [6.07, 6.45) is 1.92. The zero-order chi connectivity index (χ0) is 12.8. The zero-order valence-corrected chi connectivity index (χ0v) is 11.6. The van der Waals surface area contributed by atoms with Crippen molar-refractivity contribution >= 4 is 29.3 Å². The highest BCUT2D eigenvalue weighted by atomic mass is 35.5. The summed E-state index contributed by atoms with van der Waals surface area (Å²) in [4.78, 5) is 12.2. The zero-order valence-electron chi connectivity index (χ0n) is 10.0. The van der Waals surface area contributed by atoms with Crippen molar-refractivity contribution in [1.29, 1.82) is 0 Å². The molecule has 0 aromatic heterocycles. The van der Waals surface area contributed by atoms with Crippen LogP contribution in [0.4, 0.5) is 0 Å². The van der Waals surface area contributed by atoms with E-state index in [0.717, 1.165) is 17.7 Å². The van der Waals surface area contributed by atoms with Gasteiger partial charge in [0.15, 0.2) is 0 Å². The molecule has 1 rings (SSSR count). The van der Waals surface area contributed by atoms with Crippen LogP contribution in [0.15, 0.2) is 29.2 Å². The highest BCUT2D eigenvalue weighted by Gasteiger charge is 2.25. The van der Waals surface area contributed by atoms with Crippen LogP contribution in [0.1, 0.15) is 26.7 Å². The van der Waals surface area contributed by atoms with Crippen molar-refractivity contribution in [2.75, 3.05) is 0 Å². The second-order valence-electron chi connectivity index (χ2n) is 4.10. The minimum absolute atomic E-state index is 0.154. The molecule has 0 spiro atoms. The molecule has 0 saturated carbocycles. The molecule has 0 saturated heterocycles. The van der Waals surface area contributed by atoms with Crippen molar-refractivity contribution < 1.29 is 9.90 Å². The second kappa shape index (κ2) is 6.92. The van der Waals surface area contributed by atoms with Crippen molar-refractivity contribution in [3.05, 3.63) is 29.3 Å². The van der Waals surface area contributed by atoms with E-state index in [1.54, 1.807) is 12.1 Å². The van der Waals surface area contributed by atoms with Gasteiger partial charge in [0.05, 0.1) is 0 Å². The Morgan fingerprint density at radius 3 is 2.76 bits per heavy atom. The van der Waals surface area contributed by atoms with Crippen molar-refractivity contribution in [1.82, 2.24) is 0 Å². The first-order valence-corrected chi connectivity index (χ1v) is 6.95. The van der Waals surface area contributed by atoms with E-state index in [0.29, 0.717) is 5.02 Å². The third-order valence-corrected chi connectivity index (χ3v) is 4.24. The van der Waals surface area contributed by atoms with Crippen molar-refractivity contribution in [3.8, 4) is 0 Å². The number of carboxylic acids is 1. The number of thioether (sulfide) groups is 1. The van der Waals surface area contributed by atoms with E-state index in [9.17, 15) is 9.90 Å². The Morgan fingerprint density at radius 2 is 2.24 bits per heavy atom. The van der Waals surface area contributed by atoms with Crippen LogP contribution in [0.3, 0.4) is 0 Å². The second-order valence-corrected chi connectivity index (χ2v) is 5.75. The van der Waals surface area contributed by atoms with E-state index in [4.69, 9.17) is 11.6 Å². The number of halogens is 1. The lowest BCUT2D eigenvalue weighted by atomic mass is 10.0. The molecule has 2 nitrogen and oxygen atoms in total. The minimum Gasteiger partial charge on any atom is -0.480 e. The summed E-state index contributed by atoms with van der Waals surface area (Å²) in [7, 11) is 0. The quantitative estimate of drug-likeness (QED) is 0.784. The standard InChI is InChI=1S/C13H17ClO2S/c1-3-5-9(2)12(13(15)16)17-11-7-4-6-10(14)8-11/h4,6-9,12H,3,5H2,1-2H3,(H,15,16). The van der Waals surface area contributed by atoms with Gasteiger partial charge in [-0.25, -0.2) is 0 Å². The monoisotopic (exact) mass is 272 g/mol. The van der Waals surface area contributed by atoms with Crippen LogP contribution < -0.4 is 0 Å². The Labute approximate surface area is 111 Å². The molecule has 17 heavy (non-hydrogen) atoms. The molecular formula is C13H17ClO2S. The maximum absolute atomic E-state index is 11.3. The van der Waals surface area contributed by atoms with Crippen LogP contribution in [0, 0.1) is 5.92 Å². The molecule has 0 heterocycles. The fraction of sp³-hybridized carbons (Fsp3) is 0.462. The van der Waals surface area contributed by atoms with Gasteiger partial charge in [-0.3, -0.25) is 4.79 Å². The maximum atomic E-state index is 11.3. The summed E-state index contributed by atoms with van der Waals surface area (Å²) >= 11 is 7.26. The lowest BCUT2D eigenvalue weighted by molar-refractivity contribution is -0.137. The predicted molar refractivity (Wildman–Crippen MR) is 72.8 cm³/mol. The molecule has 1 N–H and O–H groups in total. The van der Waals surface area contributed by atoms with Gasteiger partial charge < -0.3 is 5.11 Å². The molecule has 4 heteroatoms. The SMILES string of the molecule is CCCC(C)C(Sc1cccc(Cl)c1)C(=O)O. The first-order valence-electron chi connectivity index (χ1n) is 5.69. The van der Waals surface area contributed by atoms with Gasteiger partial charge in [-0.2, -0.15) is 0 Å². The smallest absolute Gasteiger partial charge is 0.317 e. The lowest BCUT2D eigenvalue weighted by Gasteiger charge is -2.19. The number of hydrogen-bond acceptors (Lipinski definition) is 2. The van der Waals surface area contributed by atoms with Crippen LogP contribution in [0.25, 0.3) is 0 Å². The Balaban J connectivity index is 2.76. The van der Waals surface area contributed by atoms with Gasteiger partial charge in [0.1, 0.15) is 5.25 Å². The van der Waals surface area contributed by atoms with Gasteiger partial charge in [0, 0.05) is 9.92 Å². The van der Waals surface area contributed by atoms with Crippen LogP contribution in [-0.4, -0.2) is 16.3 Å². The minimum atomic E-state index is -0.754. The molecule has 0 amide bonds. The Bertz CT molecular complexity index is 381. The summed E-state index contributed by atoms with van der Waals surface area (Å²) < 4.78 is 0. The molecule has 0 aliphatic rings. The summed E-state index contributed by atoms with van der Waals surface area (Å²) in [5.74, 6) is -0.600. The average molecular weight is 273 g/mol. The molecule has 1 aromatic carbocycles. The summed E-state index contributed by atoms with van der Waals surface area (Å²) in [5.41, 5.74) is 0. The topological polar surface area (TPSA) is 37.3 Å². The molecule has 0 aliphatic heterocycles. The van der Waals surface area contributed by atoms with Gasteiger partial charge in [-0.1, -0.05) is 37.9 Å². The van der Waals surface area contributed by atoms with Crippen LogP contribution >= 0.6 is 23.4 Å². The van der Waals surface area contributed by atoms with Crippen molar-refractivity contribution in [2.24, 2.45) is 5.92 Å². The molecule has 0 fully saturated rings. The number of carbonyl (C=O) groups is 1. The van der Waals surface area contributed by atoms with E-state index in [2.05, 4.69) is 6.92 Å². The Kier molecular flexibility index (Phi) is 5.86. The highest BCUT2D eigenvalue weighted by molar-refractivity contribution is 8.00. The Hall–Kier alpha value is -0.670. The van der Waals surface area contributed by atoms with E-state index in [1.165, 1.54) is 11.8 Å². The summed E-state index contributed by atoms with van der Waals surface area (Å²) in [5, 5.41) is 9.48. The maximum Gasteiger partial charge on any atom is 0.317 e. The van der Waals surface area contributed by atoms with Gasteiger partial charge in [0.2, 0.25) is 0 Å². The van der Waals surface area contributed by atoms with E-state index >= 15 is 0 Å². The molecule has 0 radical (unpaired) electrons. The fourth-order valence-electron chi connectivity index (χ4n) is 1.70. The molecule has 2 unspecified atom stereocenters. The third kappa shape index (κ3) is 4.60. The molecular weight excluding hydrogens is 256 g/mol. The van der Waals surface area contributed by atoms with Gasteiger partial charge in [-0.15, -0.1) is 11.8 Å². The third-order valence-electron chi connectivity index (χ3n) is 2.56. The largest absolute Gasteiger partial charge is 0.480 e. The number of aliphatic carboxylic acids is 1. The van der Waals surface area contributed by atoms with Gasteiger partial charge in [-0.05, 0) is 30.5 Å². The summed E-state index contributed by atoms with van der Waals surface area (Å²) in [6, 6.07) is 7.33. The molecule has 1 aromatic rings. The molecule has 94 valence electrons. The van der Waals surface area contributed by atoms with Crippen LogP contribution in [-0.2, 0) is 4.79 Å². The molecule has 0 bridgehead atoms. The van der Waals surface area contributed by atoms with Crippen LogP contribution in [0.5, 0.6) is 0 Å². The highest BCUT2D eigenvalue weighted by Crippen LogP contribution is 2.31. The predicted octanol–water partition coefficient (Wildman–Crippen LogP) is 4.32. The molecule has 0 aliphatic carbocycles. The normalized spacial score (nSPS) is 14.3. The first-order chi connectivity index (χ1) is 8.04.